The maximum absolute atomic E-state index is 13.0. The van der Waals surface area contributed by atoms with E-state index in [1.54, 1.807) is 0 Å². The highest BCUT2D eigenvalue weighted by Crippen LogP contribution is 2.55. The van der Waals surface area contributed by atoms with Crippen LogP contribution in [-0.4, -0.2) is 54.1 Å². The van der Waals surface area contributed by atoms with Gasteiger partial charge in [-0.25, -0.2) is 4.79 Å². The topological polar surface area (TPSA) is 35.6 Å². The molecule has 4 aliphatic carbocycles. The Morgan fingerprint density at radius 1 is 0.815 bits per heavy atom. The normalized spacial score (nSPS) is 40.1. The molecule has 6 fully saturated rings. The highest BCUT2D eigenvalue weighted by atomic mass is 16.2. The van der Waals surface area contributed by atoms with Crippen LogP contribution in [-0.2, 0) is 0 Å². The van der Waals surface area contributed by atoms with Crippen molar-refractivity contribution >= 4 is 6.03 Å². The minimum Gasteiger partial charge on any atom is -0.333 e. The summed E-state index contributed by atoms with van der Waals surface area (Å²) in [5, 5.41) is 3.58. The Morgan fingerprint density at radius 3 is 1.93 bits per heavy atom. The summed E-state index contributed by atoms with van der Waals surface area (Å²) in [4.78, 5) is 17.9. The van der Waals surface area contributed by atoms with E-state index >= 15 is 0 Å². The van der Waals surface area contributed by atoms with Crippen LogP contribution < -0.4 is 5.32 Å². The lowest BCUT2D eigenvalue weighted by Crippen LogP contribution is -2.62. The van der Waals surface area contributed by atoms with Crippen molar-refractivity contribution in [1.82, 2.24) is 15.1 Å². The number of carbonyl (C=O) groups excluding carboxylic acids is 1. The second kappa shape index (κ2) is 7.57. The third-order valence-electron chi connectivity index (χ3n) is 8.53. The van der Waals surface area contributed by atoms with E-state index < -0.39 is 0 Å². The van der Waals surface area contributed by atoms with E-state index in [0.717, 1.165) is 36.8 Å². The van der Waals surface area contributed by atoms with Gasteiger partial charge in [-0.1, -0.05) is 12.8 Å². The van der Waals surface area contributed by atoms with Gasteiger partial charge in [0.15, 0.2) is 0 Å². The summed E-state index contributed by atoms with van der Waals surface area (Å²) < 4.78 is 0. The van der Waals surface area contributed by atoms with Gasteiger partial charge in [0, 0.05) is 25.2 Å². The van der Waals surface area contributed by atoms with Crippen LogP contribution in [0.4, 0.5) is 4.79 Å². The summed E-state index contributed by atoms with van der Waals surface area (Å²) in [5.41, 5.74) is 0.161. The number of nitrogens with zero attached hydrogens (tertiary/aromatic N) is 2. The third kappa shape index (κ3) is 4.02. The van der Waals surface area contributed by atoms with Crippen LogP contribution >= 0.6 is 0 Å². The second-order valence-electron chi connectivity index (χ2n) is 10.8. The first-order valence-electron chi connectivity index (χ1n) is 12.0. The minimum absolute atomic E-state index is 0.161. The van der Waals surface area contributed by atoms with Crippen molar-refractivity contribution in [3.63, 3.8) is 0 Å². The molecule has 4 saturated carbocycles. The Kier molecular flexibility index (Phi) is 5.12. The van der Waals surface area contributed by atoms with Crippen LogP contribution in [0, 0.1) is 23.7 Å². The maximum atomic E-state index is 13.0. The van der Waals surface area contributed by atoms with Crippen LogP contribution in [0.3, 0.4) is 0 Å². The monoisotopic (exact) mass is 373 g/mol. The predicted molar refractivity (Wildman–Crippen MR) is 109 cm³/mol. The number of likely N-dealkylation sites (tertiary alicyclic amines) is 2. The van der Waals surface area contributed by atoms with Crippen molar-refractivity contribution in [2.45, 2.75) is 82.6 Å². The van der Waals surface area contributed by atoms with E-state index in [1.807, 2.05) is 0 Å². The SMILES string of the molecule is O=C(NC12CC3CC(CC(C3)C1)C2)N1CCC(CN2CCCCCC2)CC1. The number of amides is 2. The number of carbonyl (C=O) groups is 1. The van der Waals surface area contributed by atoms with E-state index in [0.29, 0.717) is 0 Å². The molecule has 0 aromatic heterocycles. The highest BCUT2D eigenvalue weighted by molar-refractivity contribution is 5.75. The Morgan fingerprint density at radius 2 is 1.37 bits per heavy atom. The predicted octanol–water partition coefficient (Wildman–Crippen LogP) is 4.25. The first-order chi connectivity index (χ1) is 13.2. The summed E-state index contributed by atoms with van der Waals surface area (Å²) in [7, 11) is 0. The molecule has 2 heterocycles. The summed E-state index contributed by atoms with van der Waals surface area (Å²) >= 11 is 0. The lowest BCUT2D eigenvalue weighted by Gasteiger charge is -2.57. The molecule has 1 N–H and O–H groups in total. The number of nitrogens with one attached hydrogen (secondary N) is 1. The van der Waals surface area contributed by atoms with Crippen molar-refractivity contribution in [3.8, 4) is 0 Å². The van der Waals surface area contributed by atoms with Crippen LogP contribution in [0.15, 0.2) is 0 Å². The fraction of sp³-hybridized carbons (Fsp3) is 0.957. The minimum atomic E-state index is 0.161. The van der Waals surface area contributed by atoms with Gasteiger partial charge in [-0.3, -0.25) is 0 Å². The zero-order valence-corrected chi connectivity index (χ0v) is 17.1. The largest absolute Gasteiger partial charge is 0.333 e. The molecule has 4 nitrogen and oxygen atoms in total. The molecule has 27 heavy (non-hydrogen) atoms. The highest BCUT2D eigenvalue weighted by Gasteiger charge is 2.51. The third-order valence-corrected chi connectivity index (χ3v) is 8.53. The summed E-state index contributed by atoms with van der Waals surface area (Å²) in [6.45, 7) is 5.80. The quantitative estimate of drug-likeness (QED) is 0.802. The maximum Gasteiger partial charge on any atom is 0.317 e. The van der Waals surface area contributed by atoms with E-state index in [2.05, 4.69) is 15.1 Å². The van der Waals surface area contributed by atoms with Gasteiger partial charge in [-0.15, -0.1) is 0 Å². The molecule has 0 radical (unpaired) electrons. The van der Waals surface area contributed by atoms with Gasteiger partial charge in [0.25, 0.3) is 0 Å². The molecule has 2 amide bonds. The number of hydrogen-bond acceptors (Lipinski definition) is 2. The van der Waals surface area contributed by atoms with Crippen molar-refractivity contribution in [3.05, 3.63) is 0 Å². The number of piperidine rings is 1. The Labute approximate surface area is 165 Å². The molecule has 152 valence electrons. The number of rotatable bonds is 3. The van der Waals surface area contributed by atoms with Gasteiger partial charge >= 0.3 is 6.03 Å². The van der Waals surface area contributed by atoms with Crippen LogP contribution in [0.2, 0.25) is 0 Å². The van der Waals surface area contributed by atoms with Crippen molar-refractivity contribution < 1.29 is 4.79 Å². The molecular weight excluding hydrogens is 334 g/mol. The average Bonchev–Trinajstić information content (AvgIpc) is 2.89. The van der Waals surface area contributed by atoms with Gasteiger partial charge in [0.2, 0.25) is 0 Å². The Hall–Kier alpha value is -0.770. The van der Waals surface area contributed by atoms with Gasteiger partial charge in [0.05, 0.1) is 0 Å². The Bertz CT molecular complexity index is 496. The molecule has 4 bridgehead atoms. The van der Waals surface area contributed by atoms with Gasteiger partial charge in [0.1, 0.15) is 0 Å². The van der Waals surface area contributed by atoms with Gasteiger partial charge < -0.3 is 15.1 Å². The molecule has 0 aromatic rings. The Balaban J connectivity index is 1.11. The van der Waals surface area contributed by atoms with E-state index in [9.17, 15) is 4.79 Å². The molecule has 0 atom stereocenters. The summed E-state index contributed by atoms with van der Waals surface area (Å²) in [5.74, 6) is 3.49. The summed E-state index contributed by atoms with van der Waals surface area (Å²) in [6.07, 6.45) is 16.1. The smallest absolute Gasteiger partial charge is 0.317 e. The fourth-order valence-corrected chi connectivity index (χ4v) is 7.57. The van der Waals surface area contributed by atoms with E-state index in [-0.39, 0.29) is 11.6 Å². The van der Waals surface area contributed by atoms with Crippen molar-refractivity contribution in [2.75, 3.05) is 32.7 Å². The second-order valence-corrected chi connectivity index (χ2v) is 10.8. The van der Waals surface area contributed by atoms with Crippen molar-refractivity contribution in [2.24, 2.45) is 23.7 Å². The first-order valence-corrected chi connectivity index (χ1v) is 12.0. The number of urea groups is 1. The molecule has 0 spiro atoms. The molecular formula is C23H39N3O. The lowest BCUT2D eigenvalue weighted by molar-refractivity contribution is -0.0162. The first kappa shape index (κ1) is 18.3. The molecule has 2 aliphatic heterocycles. The molecule has 2 saturated heterocycles. The van der Waals surface area contributed by atoms with Gasteiger partial charge in [-0.05, 0) is 101 Å². The van der Waals surface area contributed by atoms with E-state index in [4.69, 9.17) is 0 Å². The molecule has 6 rings (SSSR count). The molecule has 6 aliphatic rings. The zero-order chi connectivity index (χ0) is 18.3. The van der Waals surface area contributed by atoms with E-state index in [1.165, 1.54) is 96.7 Å². The van der Waals surface area contributed by atoms with Crippen LogP contribution in [0.1, 0.15) is 77.0 Å². The van der Waals surface area contributed by atoms with Crippen LogP contribution in [0.5, 0.6) is 0 Å². The van der Waals surface area contributed by atoms with Crippen molar-refractivity contribution in [1.29, 1.82) is 0 Å². The zero-order valence-electron chi connectivity index (χ0n) is 17.1. The molecule has 0 aromatic carbocycles. The lowest BCUT2D eigenvalue weighted by atomic mass is 9.53. The average molecular weight is 374 g/mol. The molecule has 0 unspecified atom stereocenters. The number of hydrogen-bond donors (Lipinski definition) is 1. The summed E-state index contributed by atoms with van der Waals surface area (Å²) in [6, 6.07) is 0.255. The van der Waals surface area contributed by atoms with Gasteiger partial charge in [-0.2, -0.15) is 0 Å². The standard InChI is InChI=1S/C23H39N3O/c27-22(24-23-14-19-11-20(15-23)13-21(12-19)16-23)26-9-5-18(6-10-26)17-25-7-3-1-2-4-8-25/h18-21H,1-17H2,(H,24,27). The van der Waals surface area contributed by atoms with Crippen LogP contribution in [0.25, 0.3) is 0 Å². The fourth-order valence-electron chi connectivity index (χ4n) is 7.57. The molecule has 4 heteroatoms.